The molecule has 0 aliphatic heterocycles. The van der Waals surface area contributed by atoms with E-state index in [1.807, 2.05) is 0 Å². The van der Waals surface area contributed by atoms with Gasteiger partial charge in [0.15, 0.2) is 6.10 Å². The lowest BCUT2D eigenvalue weighted by atomic mass is 10.3. The number of carbonyl (C=O) groups excluding carboxylic acids is 3. The summed E-state index contributed by atoms with van der Waals surface area (Å²) < 4.78 is 9.71. The average molecular weight is 323 g/mol. The lowest BCUT2D eigenvalue weighted by Gasteiger charge is -2.12. The number of aryl methyl sites for hydroxylation is 1. The van der Waals surface area contributed by atoms with Crippen LogP contribution in [-0.4, -0.2) is 29.0 Å². The van der Waals surface area contributed by atoms with Gasteiger partial charge in [0, 0.05) is 6.07 Å². The van der Waals surface area contributed by atoms with Gasteiger partial charge in [0.2, 0.25) is 5.76 Å². The van der Waals surface area contributed by atoms with E-state index in [4.69, 9.17) is 15.0 Å². The maximum Gasteiger partial charge on any atom is 0.377 e. The summed E-state index contributed by atoms with van der Waals surface area (Å²) >= 11 is 1.14. The number of nitrogens with zero attached hydrogens (tertiary/aromatic N) is 1. The average Bonchev–Trinajstić information content (AvgIpc) is 3.07. The molecular weight excluding hydrogens is 310 g/mol. The molecule has 116 valence electrons. The molecule has 3 N–H and O–H groups in total. The van der Waals surface area contributed by atoms with Crippen LogP contribution in [0.25, 0.3) is 0 Å². The Hall–Kier alpha value is -2.68. The quantitative estimate of drug-likeness (QED) is 0.800. The minimum atomic E-state index is -1.08. The minimum Gasteiger partial charge on any atom is -0.447 e. The number of esters is 1. The first-order valence-corrected chi connectivity index (χ1v) is 7.09. The third-order valence-corrected chi connectivity index (χ3v) is 3.48. The Balaban J connectivity index is 1.99. The number of aromatic nitrogens is 1. The summed E-state index contributed by atoms with van der Waals surface area (Å²) in [7, 11) is 0. The monoisotopic (exact) mass is 323 g/mol. The van der Waals surface area contributed by atoms with Crippen LogP contribution in [0.2, 0.25) is 0 Å². The number of ether oxygens (including phenoxy) is 1. The van der Waals surface area contributed by atoms with Gasteiger partial charge < -0.3 is 20.3 Å². The summed E-state index contributed by atoms with van der Waals surface area (Å²) in [6.45, 7) is 3.05. The van der Waals surface area contributed by atoms with E-state index in [9.17, 15) is 14.4 Å². The highest BCUT2D eigenvalue weighted by Crippen LogP contribution is 2.23. The van der Waals surface area contributed by atoms with Gasteiger partial charge in [-0.05, 0) is 25.3 Å². The molecule has 0 unspecified atom stereocenters. The van der Waals surface area contributed by atoms with Crippen LogP contribution >= 0.6 is 11.3 Å². The van der Waals surface area contributed by atoms with Crippen LogP contribution in [0.1, 0.15) is 33.5 Å². The molecule has 0 saturated carbocycles. The van der Waals surface area contributed by atoms with E-state index in [1.165, 1.54) is 19.1 Å². The fraction of sp³-hybridized carbons (Fsp3) is 0.231. The molecule has 0 radical (unpaired) electrons. The molecule has 0 aliphatic rings. The SMILES string of the molecule is Cc1cc(C(=O)O[C@@H](C)C(=O)Nc2sccc2C(N)=O)on1. The molecule has 2 amide bonds. The van der Waals surface area contributed by atoms with E-state index in [-0.39, 0.29) is 11.3 Å². The van der Waals surface area contributed by atoms with Gasteiger partial charge in [-0.25, -0.2) is 4.79 Å². The summed E-state index contributed by atoms with van der Waals surface area (Å²) in [6.07, 6.45) is -1.08. The highest BCUT2D eigenvalue weighted by molar-refractivity contribution is 7.14. The molecule has 2 rings (SSSR count). The number of nitrogens with one attached hydrogen (secondary N) is 1. The third-order valence-electron chi connectivity index (χ3n) is 2.65. The maximum absolute atomic E-state index is 12.0. The van der Waals surface area contributed by atoms with Gasteiger partial charge in [-0.1, -0.05) is 5.16 Å². The van der Waals surface area contributed by atoms with Gasteiger partial charge in [0.1, 0.15) is 5.00 Å². The summed E-state index contributed by atoms with van der Waals surface area (Å²) in [6, 6.07) is 2.90. The van der Waals surface area contributed by atoms with E-state index in [0.717, 1.165) is 11.3 Å². The molecular formula is C13H13N3O5S. The first kappa shape index (κ1) is 15.7. The molecule has 0 saturated heterocycles. The summed E-state index contributed by atoms with van der Waals surface area (Å²) in [5.74, 6) is -2.14. The van der Waals surface area contributed by atoms with Gasteiger partial charge in [0.25, 0.3) is 11.8 Å². The van der Waals surface area contributed by atoms with E-state index in [1.54, 1.807) is 12.3 Å². The van der Waals surface area contributed by atoms with Crippen molar-refractivity contribution in [2.45, 2.75) is 20.0 Å². The number of nitrogens with two attached hydrogens (primary N) is 1. The number of primary amides is 1. The predicted octanol–water partition coefficient (Wildman–Crippen LogP) is 1.33. The lowest BCUT2D eigenvalue weighted by Crippen LogP contribution is -2.30. The zero-order valence-corrected chi connectivity index (χ0v) is 12.6. The second kappa shape index (κ2) is 6.39. The summed E-state index contributed by atoms with van der Waals surface area (Å²) in [4.78, 5) is 34.9. The molecule has 0 aromatic carbocycles. The number of anilines is 1. The Morgan fingerprint density at radius 2 is 2.18 bits per heavy atom. The number of hydrogen-bond donors (Lipinski definition) is 2. The number of carbonyl (C=O) groups is 3. The van der Waals surface area contributed by atoms with Gasteiger partial charge >= 0.3 is 5.97 Å². The topological polar surface area (TPSA) is 125 Å². The van der Waals surface area contributed by atoms with Crippen molar-refractivity contribution in [2.24, 2.45) is 5.73 Å². The van der Waals surface area contributed by atoms with Crippen molar-refractivity contribution in [1.29, 1.82) is 0 Å². The van der Waals surface area contributed by atoms with Crippen molar-refractivity contribution in [3.63, 3.8) is 0 Å². The minimum absolute atomic E-state index is 0.0916. The molecule has 2 heterocycles. The van der Waals surface area contributed by atoms with Gasteiger partial charge in [0.05, 0.1) is 11.3 Å². The Morgan fingerprint density at radius 3 is 2.77 bits per heavy atom. The lowest BCUT2D eigenvalue weighted by molar-refractivity contribution is -0.123. The molecule has 1 atom stereocenters. The first-order valence-electron chi connectivity index (χ1n) is 6.21. The molecule has 0 aliphatic carbocycles. The number of hydrogen-bond acceptors (Lipinski definition) is 7. The van der Waals surface area contributed by atoms with Crippen molar-refractivity contribution in [3.05, 3.63) is 34.5 Å². The third kappa shape index (κ3) is 3.50. The molecule has 22 heavy (non-hydrogen) atoms. The molecule has 2 aromatic heterocycles. The molecule has 8 nitrogen and oxygen atoms in total. The van der Waals surface area contributed by atoms with Crippen molar-refractivity contribution in [2.75, 3.05) is 5.32 Å². The number of amides is 2. The van der Waals surface area contributed by atoms with Crippen LogP contribution in [0.3, 0.4) is 0 Å². The second-order valence-corrected chi connectivity index (χ2v) is 5.31. The number of thiophene rings is 1. The smallest absolute Gasteiger partial charge is 0.377 e. The van der Waals surface area contributed by atoms with Crippen LogP contribution in [0.5, 0.6) is 0 Å². The molecule has 2 aromatic rings. The van der Waals surface area contributed by atoms with Crippen LogP contribution < -0.4 is 11.1 Å². The highest BCUT2D eigenvalue weighted by atomic mass is 32.1. The molecule has 0 fully saturated rings. The second-order valence-electron chi connectivity index (χ2n) is 4.40. The fourth-order valence-electron chi connectivity index (χ4n) is 1.55. The largest absolute Gasteiger partial charge is 0.447 e. The Labute approximate surface area is 129 Å². The van der Waals surface area contributed by atoms with Crippen molar-refractivity contribution >= 4 is 34.1 Å². The number of rotatable bonds is 5. The Bertz CT molecular complexity index is 721. The summed E-state index contributed by atoms with van der Waals surface area (Å²) in [5, 5.41) is 7.96. The van der Waals surface area contributed by atoms with Crippen LogP contribution in [-0.2, 0) is 9.53 Å². The standard InChI is InChI=1S/C13H13N3O5S/c1-6-5-9(21-16-6)13(19)20-7(2)11(18)15-12-8(10(14)17)3-4-22-12/h3-5,7H,1-2H3,(H2,14,17)(H,15,18)/t7-/m0/s1. The normalized spacial score (nSPS) is 11.7. The first-order chi connectivity index (χ1) is 10.4. The zero-order chi connectivity index (χ0) is 16.3. The van der Waals surface area contributed by atoms with Crippen LogP contribution in [0.15, 0.2) is 22.0 Å². The van der Waals surface area contributed by atoms with Crippen molar-refractivity contribution < 1.29 is 23.6 Å². The van der Waals surface area contributed by atoms with Crippen LogP contribution in [0, 0.1) is 6.92 Å². The molecule has 9 heteroatoms. The highest BCUT2D eigenvalue weighted by Gasteiger charge is 2.23. The Morgan fingerprint density at radius 1 is 1.45 bits per heavy atom. The fourth-order valence-corrected chi connectivity index (χ4v) is 2.34. The molecule has 0 bridgehead atoms. The van der Waals surface area contributed by atoms with Crippen LogP contribution in [0.4, 0.5) is 5.00 Å². The zero-order valence-electron chi connectivity index (χ0n) is 11.8. The Kier molecular flexibility index (Phi) is 4.56. The van der Waals surface area contributed by atoms with E-state index in [0.29, 0.717) is 10.7 Å². The molecule has 0 spiro atoms. The summed E-state index contributed by atoms with van der Waals surface area (Å²) in [5.41, 5.74) is 5.90. The van der Waals surface area contributed by atoms with Crippen molar-refractivity contribution in [3.8, 4) is 0 Å². The van der Waals surface area contributed by atoms with Crippen molar-refractivity contribution in [1.82, 2.24) is 5.16 Å². The van der Waals surface area contributed by atoms with Gasteiger partial charge in [-0.3, -0.25) is 9.59 Å². The predicted molar refractivity (Wildman–Crippen MR) is 77.6 cm³/mol. The van der Waals surface area contributed by atoms with Gasteiger partial charge in [-0.15, -0.1) is 11.3 Å². The van der Waals surface area contributed by atoms with Gasteiger partial charge in [-0.2, -0.15) is 0 Å². The van der Waals surface area contributed by atoms with E-state index < -0.39 is 23.9 Å². The maximum atomic E-state index is 12.0. The van der Waals surface area contributed by atoms with E-state index in [2.05, 4.69) is 10.5 Å². The van der Waals surface area contributed by atoms with E-state index >= 15 is 0 Å².